The summed E-state index contributed by atoms with van der Waals surface area (Å²) in [6.07, 6.45) is 7.83. The standard InChI is InChI=1S/C17H29N3O2S/c1-22-10-6-17(14-21)5-4-7-19(13-17)12-15-11-18-16(23-15)20-8-2-3-9-20/h11,21H,2-10,12-14H2,1H3/t17-/m1/s1. The molecule has 0 bridgehead atoms. The van der Waals surface area contributed by atoms with Gasteiger partial charge in [-0.1, -0.05) is 0 Å². The maximum Gasteiger partial charge on any atom is 0.185 e. The minimum atomic E-state index is 0.0106. The second-order valence-electron chi connectivity index (χ2n) is 7.02. The molecule has 0 radical (unpaired) electrons. The molecule has 0 saturated carbocycles. The van der Waals surface area contributed by atoms with Crippen LogP contribution in [0.15, 0.2) is 6.20 Å². The maximum absolute atomic E-state index is 9.90. The second-order valence-corrected chi connectivity index (χ2v) is 8.11. The largest absolute Gasteiger partial charge is 0.396 e. The molecule has 2 aliphatic heterocycles. The average Bonchev–Trinajstić information content (AvgIpc) is 3.24. The molecular weight excluding hydrogens is 310 g/mol. The Balaban J connectivity index is 1.58. The molecule has 130 valence electrons. The SMILES string of the molecule is COCC[C@]1(CO)CCCN(Cc2cnc(N3CCCC3)s2)C1. The van der Waals surface area contributed by atoms with Crippen molar-refractivity contribution >= 4 is 16.5 Å². The van der Waals surface area contributed by atoms with Gasteiger partial charge >= 0.3 is 0 Å². The van der Waals surface area contributed by atoms with Crippen molar-refractivity contribution in [2.45, 2.75) is 38.6 Å². The zero-order chi connectivity index (χ0) is 16.1. The zero-order valence-corrected chi connectivity index (χ0v) is 15.0. The summed E-state index contributed by atoms with van der Waals surface area (Å²) in [7, 11) is 1.74. The van der Waals surface area contributed by atoms with Gasteiger partial charge in [0.25, 0.3) is 0 Å². The number of piperidine rings is 1. The Kier molecular flexibility index (Phi) is 5.91. The molecule has 1 aromatic rings. The van der Waals surface area contributed by atoms with Gasteiger partial charge in [0.2, 0.25) is 0 Å². The van der Waals surface area contributed by atoms with Crippen molar-refractivity contribution in [3.63, 3.8) is 0 Å². The Morgan fingerprint density at radius 1 is 1.30 bits per heavy atom. The number of aliphatic hydroxyl groups is 1. The van der Waals surface area contributed by atoms with Crippen molar-refractivity contribution in [2.75, 3.05) is 51.4 Å². The van der Waals surface area contributed by atoms with E-state index in [-0.39, 0.29) is 12.0 Å². The van der Waals surface area contributed by atoms with Crippen molar-refractivity contribution in [2.24, 2.45) is 5.41 Å². The van der Waals surface area contributed by atoms with Crippen LogP contribution in [0.1, 0.15) is 37.0 Å². The highest BCUT2D eigenvalue weighted by Crippen LogP contribution is 2.34. The number of nitrogens with zero attached hydrogens (tertiary/aromatic N) is 3. The van der Waals surface area contributed by atoms with E-state index in [1.807, 2.05) is 17.5 Å². The van der Waals surface area contributed by atoms with Gasteiger partial charge < -0.3 is 14.7 Å². The molecule has 1 atom stereocenters. The highest BCUT2D eigenvalue weighted by Gasteiger charge is 2.34. The number of rotatable bonds is 7. The van der Waals surface area contributed by atoms with E-state index >= 15 is 0 Å². The number of methoxy groups -OCH3 is 1. The fourth-order valence-electron chi connectivity index (χ4n) is 3.82. The first-order chi connectivity index (χ1) is 11.2. The summed E-state index contributed by atoms with van der Waals surface area (Å²) < 4.78 is 5.24. The molecule has 1 aromatic heterocycles. The molecule has 23 heavy (non-hydrogen) atoms. The summed E-state index contributed by atoms with van der Waals surface area (Å²) in [6, 6.07) is 0. The van der Waals surface area contributed by atoms with Crippen LogP contribution in [0.5, 0.6) is 0 Å². The van der Waals surface area contributed by atoms with Crippen molar-refractivity contribution in [3.05, 3.63) is 11.1 Å². The molecule has 0 unspecified atom stereocenters. The van der Waals surface area contributed by atoms with Crippen LogP contribution in [-0.2, 0) is 11.3 Å². The molecule has 2 aliphatic rings. The third kappa shape index (κ3) is 4.24. The second kappa shape index (κ2) is 7.92. The maximum atomic E-state index is 9.90. The van der Waals surface area contributed by atoms with Crippen LogP contribution in [-0.4, -0.2) is 61.5 Å². The van der Waals surface area contributed by atoms with Crippen LogP contribution in [0.3, 0.4) is 0 Å². The van der Waals surface area contributed by atoms with Gasteiger partial charge in [0.05, 0.1) is 6.61 Å². The number of anilines is 1. The van der Waals surface area contributed by atoms with E-state index in [4.69, 9.17) is 4.74 Å². The summed E-state index contributed by atoms with van der Waals surface area (Å²) in [4.78, 5) is 10.8. The van der Waals surface area contributed by atoms with E-state index < -0.39 is 0 Å². The molecule has 5 nitrogen and oxygen atoms in total. The lowest BCUT2D eigenvalue weighted by Crippen LogP contribution is -2.45. The van der Waals surface area contributed by atoms with Crippen LogP contribution >= 0.6 is 11.3 Å². The van der Waals surface area contributed by atoms with Crippen molar-refractivity contribution in [3.8, 4) is 0 Å². The summed E-state index contributed by atoms with van der Waals surface area (Å²) in [6.45, 7) is 6.33. The Morgan fingerprint density at radius 3 is 2.87 bits per heavy atom. The first-order valence-electron chi connectivity index (χ1n) is 8.76. The Morgan fingerprint density at radius 2 is 2.13 bits per heavy atom. The smallest absolute Gasteiger partial charge is 0.185 e. The average molecular weight is 340 g/mol. The molecule has 3 rings (SSSR count). The van der Waals surface area contributed by atoms with Gasteiger partial charge in [0, 0.05) is 56.4 Å². The fraction of sp³-hybridized carbons (Fsp3) is 0.824. The first kappa shape index (κ1) is 17.1. The van der Waals surface area contributed by atoms with Crippen molar-refractivity contribution in [1.82, 2.24) is 9.88 Å². The summed E-state index contributed by atoms with van der Waals surface area (Å²) in [5.74, 6) is 0. The number of hydrogen-bond donors (Lipinski definition) is 1. The van der Waals surface area contributed by atoms with Gasteiger partial charge in [-0.05, 0) is 38.6 Å². The number of likely N-dealkylation sites (tertiary alicyclic amines) is 1. The van der Waals surface area contributed by atoms with Gasteiger partial charge in [0.15, 0.2) is 5.13 Å². The quantitative estimate of drug-likeness (QED) is 0.826. The van der Waals surface area contributed by atoms with Gasteiger partial charge in [0.1, 0.15) is 0 Å². The molecule has 0 amide bonds. The zero-order valence-electron chi connectivity index (χ0n) is 14.2. The summed E-state index contributed by atoms with van der Waals surface area (Å²) in [5.41, 5.74) is 0.0106. The van der Waals surface area contributed by atoms with E-state index in [2.05, 4.69) is 14.8 Å². The Hall–Kier alpha value is -0.690. The number of hydrogen-bond acceptors (Lipinski definition) is 6. The number of ether oxygens (including phenoxy) is 1. The number of thiazole rings is 1. The predicted octanol–water partition coefficient (Wildman–Crippen LogP) is 2.35. The molecule has 0 aliphatic carbocycles. The highest BCUT2D eigenvalue weighted by atomic mass is 32.1. The minimum Gasteiger partial charge on any atom is -0.396 e. The molecular formula is C17H29N3O2S. The van der Waals surface area contributed by atoms with E-state index in [1.54, 1.807) is 7.11 Å². The van der Waals surface area contributed by atoms with Gasteiger partial charge in [-0.25, -0.2) is 4.98 Å². The lowest BCUT2D eigenvalue weighted by molar-refractivity contribution is 0.00506. The lowest BCUT2D eigenvalue weighted by Gasteiger charge is -2.41. The minimum absolute atomic E-state index is 0.0106. The molecule has 0 aromatic carbocycles. The molecule has 3 heterocycles. The highest BCUT2D eigenvalue weighted by molar-refractivity contribution is 7.15. The molecule has 2 saturated heterocycles. The molecule has 2 fully saturated rings. The van der Waals surface area contributed by atoms with Crippen LogP contribution in [0.4, 0.5) is 5.13 Å². The Bertz CT molecular complexity index is 490. The van der Waals surface area contributed by atoms with E-state index in [9.17, 15) is 5.11 Å². The molecule has 6 heteroatoms. The van der Waals surface area contributed by atoms with Gasteiger partial charge in [-0.3, -0.25) is 4.90 Å². The fourth-order valence-corrected chi connectivity index (χ4v) is 4.83. The van der Waals surface area contributed by atoms with Crippen LogP contribution < -0.4 is 4.90 Å². The topological polar surface area (TPSA) is 48.8 Å². The van der Waals surface area contributed by atoms with E-state index in [0.29, 0.717) is 0 Å². The van der Waals surface area contributed by atoms with Gasteiger partial charge in [-0.15, -0.1) is 11.3 Å². The number of aromatic nitrogens is 1. The molecule has 1 N–H and O–H groups in total. The predicted molar refractivity (Wildman–Crippen MR) is 94.1 cm³/mol. The summed E-state index contributed by atoms with van der Waals surface area (Å²) >= 11 is 1.84. The third-order valence-corrected chi connectivity index (χ3v) is 6.25. The van der Waals surface area contributed by atoms with E-state index in [1.165, 1.54) is 22.9 Å². The first-order valence-corrected chi connectivity index (χ1v) is 9.58. The van der Waals surface area contributed by atoms with Crippen molar-refractivity contribution < 1.29 is 9.84 Å². The van der Waals surface area contributed by atoms with Gasteiger partial charge in [-0.2, -0.15) is 0 Å². The third-order valence-electron chi connectivity index (χ3n) is 5.21. The lowest BCUT2D eigenvalue weighted by atomic mass is 9.78. The van der Waals surface area contributed by atoms with Crippen molar-refractivity contribution in [1.29, 1.82) is 0 Å². The Labute approximate surface area is 143 Å². The summed E-state index contributed by atoms with van der Waals surface area (Å²) in [5, 5.41) is 11.1. The monoisotopic (exact) mass is 339 g/mol. The van der Waals surface area contributed by atoms with Crippen LogP contribution in [0, 0.1) is 5.41 Å². The van der Waals surface area contributed by atoms with E-state index in [0.717, 1.165) is 58.6 Å². The molecule has 0 spiro atoms. The number of aliphatic hydroxyl groups excluding tert-OH is 1. The van der Waals surface area contributed by atoms with Crippen LogP contribution in [0.2, 0.25) is 0 Å². The van der Waals surface area contributed by atoms with Crippen LogP contribution in [0.25, 0.3) is 0 Å². The normalized spacial score (nSPS) is 26.1.